The molecule has 0 bridgehead atoms. The van der Waals surface area contributed by atoms with Crippen molar-refractivity contribution in [2.45, 2.75) is 18.1 Å². The number of nitrogens with zero attached hydrogens (tertiary/aromatic N) is 1. The second-order valence-electron chi connectivity index (χ2n) is 4.89. The van der Waals surface area contributed by atoms with E-state index < -0.39 is 5.97 Å². The third-order valence-electron chi connectivity index (χ3n) is 3.55. The van der Waals surface area contributed by atoms with E-state index in [1.807, 2.05) is 36.0 Å². The van der Waals surface area contributed by atoms with E-state index in [0.29, 0.717) is 5.25 Å². The van der Waals surface area contributed by atoms with Gasteiger partial charge in [0.15, 0.2) is 0 Å². The van der Waals surface area contributed by atoms with Gasteiger partial charge in [-0.05, 0) is 18.6 Å². The number of aromatic carboxylic acids is 1. The Labute approximate surface area is 121 Å². The number of hydrogen-bond donors (Lipinski definition) is 2. The minimum Gasteiger partial charge on any atom is -0.478 e. The molecule has 1 aromatic heterocycles. The molecule has 0 amide bonds. The first kappa shape index (κ1) is 13.2. The zero-order valence-corrected chi connectivity index (χ0v) is 11.8. The predicted molar refractivity (Wildman–Crippen MR) is 82.7 cm³/mol. The fraction of sp³-hybridized carbons (Fsp3) is 0.333. The van der Waals surface area contributed by atoms with Crippen molar-refractivity contribution in [2.75, 3.05) is 17.6 Å². The average Bonchev–Trinajstić information content (AvgIpc) is 2.97. The van der Waals surface area contributed by atoms with E-state index in [1.54, 1.807) is 0 Å². The largest absolute Gasteiger partial charge is 0.478 e. The summed E-state index contributed by atoms with van der Waals surface area (Å²) in [6, 6.07) is 7.51. The van der Waals surface area contributed by atoms with Gasteiger partial charge in [-0.2, -0.15) is 11.8 Å². The average molecular weight is 288 g/mol. The van der Waals surface area contributed by atoms with Crippen LogP contribution in [-0.4, -0.2) is 33.6 Å². The van der Waals surface area contributed by atoms with Gasteiger partial charge >= 0.3 is 5.97 Å². The summed E-state index contributed by atoms with van der Waals surface area (Å²) in [6.07, 6.45) is 3.96. The standard InChI is InChI=1S/C15H16N2O2S/c18-15(19)13-9-17-14(12-6-2-1-5-11(12)13)16-8-10-4-3-7-20-10/h1-2,5-6,9-10H,3-4,7-8H2,(H,16,17)(H,18,19). The van der Waals surface area contributed by atoms with Crippen LogP contribution in [0, 0.1) is 0 Å². The number of pyridine rings is 1. The van der Waals surface area contributed by atoms with Gasteiger partial charge < -0.3 is 10.4 Å². The van der Waals surface area contributed by atoms with E-state index >= 15 is 0 Å². The van der Waals surface area contributed by atoms with Crippen LogP contribution >= 0.6 is 11.8 Å². The van der Waals surface area contributed by atoms with Crippen molar-refractivity contribution in [3.8, 4) is 0 Å². The molecular weight excluding hydrogens is 272 g/mol. The highest BCUT2D eigenvalue weighted by Crippen LogP contribution is 2.28. The van der Waals surface area contributed by atoms with Gasteiger partial charge in [-0.1, -0.05) is 24.3 Å². The fourth-order valence-electron chi connectivity index (χ4n) is 2.52. The van der Waals surface area contributed by atoms with Gasteiger partial charge in [0.25, 0.3) is 0 Å². The number of carboxylic acid groups (broad SMARTS) is 1. The van der Waals surface area contributed by atoms with Gasteiger partial charge in [-0.15, -0.1) is 0 Å². The molecule has 2 N–H and O–H groups in total. The highest BCUT2D eigenvalue weighted by Gasteiger charge is 2.17. The van der Waals surface area contributed by atoms with Crippen molar-refractivity contribution in [3.63, 3.8) is 0 Å². The van der Waals surface area contributed by atoms with Crippen LogP contribution in [0.5, 0.6) is 0 Å². The van der Waals surface area contributed by atoms with Gasteiger partial charge in [0.05, 0.1) is 5.56 Å². The number of fused-ring (bicyclic) bond motifs is 1. The molecule has 1 aliphatic rings. The molecule has 2 aromatic rings. The molecule has 0 aliphatic carbocycles. The molecule has 2 heterocycles. The Morgan fingerprint density at radius 3 is 2.90 bits per heavy atom. The lowest BCUT2D eigenvalue weighted by Gasteiger charge is -2.13. The molecule has 1 unspecified atom stereocenters. The zero-order chi connectivity index (χ0) is 13.9. The number of thioether (sulfide) groups is 1. The third kappa shape index (κ3) is 2.58. The summed E-state index contributed by atoms with van der Waals surface area (Å²) in [7, 11) is 0. The maximum Gasteiger partial charge on any atom is 0.337 e. The lowest BCUT2D eigenvalue weighted by Crippen LogP contribution is -2.15. The first-order valence-corrected chi connectivity index (χ1v) is 7.77. The summed E-state index contributed by atoms with van der Waals surface area (Å²) < 4.78 is 0. The van der Waals surface area contributed by atoms with Crippen LogP contribution in [-0.2, 0) is 0 Å². The normalized spacial score (nSPS) is 18.3. The molecule has 3 rings (SSSR count). The van der Waals surface area contributed by atoms with Crippen LogP contribution in [0.2, 0.25) is 0 Å². The second kappa shape index (κ2) is 5.71. The van der Waals surface area contributed by atoms with Gasteiger partial charge in [-0.3, -0.25) is 0 Å². The topological polar surface area (TPSA) is 62.2 Å². The van der Waals surface area contributed by atoms with Crippen molar-refractivity contribution >= 4 is 34.3 Å². The number of rotatable bonds is 4. The number of hydrogen-bond acceptors (Lipinski definition) is 4. The predicted octanol–water partition coefficient (Wildman–Crippen LogP) is 3.24. The van der Waals surface area contributed by atoms with Crippen molar-refractivity contribution in [2.24, 2.45) is 0 Å². The molecule has 1 aliphatic heterocycles. The monoisotopic (exact) mass is 288 g/mol. The maximum atomic E-state index is 11.2. The van der Waals surface area contributed by atoms with Crippen LogP contribution in [0.25, 0.3) is 10.8 Å². The highest BCUT2D eigenvalue weighted by molar-refractivity contribution is 8.00. The van der Waals surface area contributed by atoms with E-state index in [1.165, 1.54) is 24.8 Å². The first-order chi connectivity index (χ1) is 9.75. The molecule has 1 fully saturated rings. The molecular formula is C15H16N2O2S. The second-order valence-corrected chi connectivity index (χ2v) is 6.30. The number of benzene rings is 1. The zero-order valence-electron chi connectivity index (χ0n) is 11.0. The van der Waals surface area contributed by atoms with E-state index in [-0.39, 0.29) is 5.56 Å². The number of aromatic nitrogens is 1. The Hall–Kier alpha value is -1.75. The van der Waals surface area contributed by atoms with E-state index in [9.17, 15) is 9.90 Å². The highest BCUT2D eigenvalue weighted by atomic mass is 32.2. The molecule has 1 atom stereocenters. The Balaban J connectivity index is 1.91. The third-order valence-corrected chi connectivity index (χ3v) is 4.94. The van der Waals surface area contributed by atoms with Crippen LogP contribution < -0.4 is 5.32 Å². The van der Waals surface area contributed by atoms with Gasteiger partial charge in [0.1, 0.15) is 5.82 Å². The Morgan fingerprint density at radius 2 is 2.20 bits per heavy atom. The summed E-state index contributed by atoms with van der Waals surface area (Å²) in [5.74, 6) is 1.07. The SMILES string of the molecule is O=C(O)c1cnc(NCC2CCCS2)c2ccccc12. The summed E-state index contributed by atoms with van der Waals surface area (Å²) in [6.45, 7) is 0.883. The Bertz CT molecular complexity index is 639. The van der Waals surface area contributed by atoms with Gasteiger partial charge in [0.2, 0.25) is 0 Å². The van der Waals surface area contributed by atoms with Gasteiger partial charge in [0, 0.05) is 28.8 Å². The molecule has 0 saturated carbocycles. The lowest BCUT2D eigenvalue weighted by molar-refractivity contribution is 0.0698. The smallest absolute Gasteiger partial charge is 0.337 e. The Kier molecular flexibility index (Phi) is 3.78. The summed E-state index contributed by atoms with van der Waals surface area (Å²) in [4.78, 5) is 15.5. The van der Waals surface area contributed by atoms with Crippen molar-refractivity contribution < 1.29 is 9.90 Å². The van der Waals surface area contributed by atoms with Crippen LogP contribution in [0.1, 0.15) is 23.2 Å². The van der Waals surface area contributed by atoms with E-state index in [4.69, 9.17) is 0 Å². The van der Waals surface area contributed by atoms with Crippen molar-refractivity contribution in [3.05, 3.63) is 36.0 Å². The minimum atomic E-state index is -0.938. The van der Waals surface area contributed by atoms with Crippen LogP contribution in [0.4, 0.5) is 5.82 Å². The number of anilines is 1. The van der Waals surface area contributed by atoms with E-state index in [2.05, 4.69) is 10.3 Å². The van der Waals surface area contributed by atoms with E-state index in [0.717, 1.165) is 23.1 Å². The summed E-state index contributed by atoms with van der Waals surface area (Å²) in [5, 5.41) is 14.8. The van der Waals surface area contributed by atoms with Gasteiger partial charge in [-0.25, -0.2) is 9.78 Å². The molecule has 0 radical (unpaired) electrons. The molecule has 1 saturated heterocycles. The lowest BCUT2D eigenvalue weighted by atomic mass is 10.1. The molecule has 5 heteroatoms. The minimum absolute atomic E-state index is 0.251. The molecule has 1 aromatic carbocycles. The quantitative estimate of drug-likeness (QED) is 0.904. The van der Waals surface area contributed by atoms with Crippen molar-refractivity contribution in [1.82, 2.24) is 4.98 Å². The number of carbonyl (C=O) groups is 1. The molecule has 104 valence electrons. The Morgan fingerprint density at radius 1 is 1.40 bits per heavy atom. The van der Waals surface area contributed by atoms with Crippen LogP contribution in [0.15, 0.2) is 30.5 Å². The first-order valence-electron chi connectivity index (χ1n) is 6.72. The summed E-state index contributed by atoms with van der Waals surface area (Å²) in [5.41, 5.74) is 0.251. The number of carboxylic acids is 1. The number of nitrogens with one attached hydrogen (secondary N) is 1. The molecule has 20 heavy (non-hydrogen) atoms. The van der Waals surface area contributed by atoms with Crippen LogP contribution in [0.3, 0.4) is 0 Å². The summed E-state index contributed by atoms with van der Waals surface area (Å²) >= 11 is 1.99. The maximum absolute atomic E-state index is 11.2. The van der Waals surface area contributed by atoms with Crippen molar-refractivity contribution in [1.29, 1.82) is 0 Å². The molecule has 0 spiro atoms. The fourth-order valence-corrected chi connectivity index (χ4v) is 3.72. The molecule has 4 nitrogen and oxygen atoms in total.